The molecule has 0 spiro atoms. The molecule has 1 rings (SSSR count). The van der Waals surface area contributed by atoms with Gasteiger partial charge >= 0.3 is 0 Å². The van der Waals surface area contributed by atoms with Crippen LogP contribution in [0.1, 0.15) is 24.2 Å². The Morgan fingerprint density at radius 3 is 2.53 bits per heavy atom. The first-order valence-electron chi connectivity index (χ1n) is 5.96. The molecule has 0 bridgehead atoms. The van der Waals surface area contributed by atoms with Crippen molar-refractivity contribution in [1.82, 2.24) is 4.90 Å². The van der Waals surface area contributed by atoms with Crippen molar-refractivity contribution in [2.24, 2.45) is 5.92 Å². The van der Waals surface area contributed by atoms with Crippen molar-refractivity contribution in [3.8, 4) is 6.07 Å². The molecule has 0 amide bonds. The van der Waals surface area contributed by atoms with Crippen LogP contribution in [-0.2, 0) is 0 Å². The number of rotatable bonds is 5. The second-order valence-corrected chi connectivity index (χ2v) is 4.64. The van der Waals surface area contributed by atoms with E-state index in [1.165, 1.54) is 6.07 Å². The number of nitriles is 1. The number of ketones is 1. The number of carbonyl (C=O) groups excluding carboxylic acids is 1. The van der Waals surface area contributed by atoms with Gasteiger partial charge in [0.05, 0.1) is 18.0 Å². The van der Waals surface area contributed by atoms with E-state index in [2.05, 4.69) is 6.07 Å². The van der Waals surface area contributed by atoms with Gasteiger partial charge in [0.15, 0.2) is 17.4 Å². The lowest BCUT2D eigenvalue weighted by atomic mass is 10.0. The fourth-order valence-corrected chi connectivity index (χ4v) is 1.72. The summed E-state index contributed by atoms with van der Waals surface area (Å²) in [5, 5.41) is 8.74. The molecular weight excluding hydrogens is 250 g/mol. The third-order valence-corrected chi connectivity index (χ3v) is 3.03. The van der Waals surface area contributed by atoms with Crippen LogP contribution in [0.4, 0.5) is 8.78 Å². The number of hydrogen-bond acceptors (Lipinski definition) is 3. The van der Waals surface area contributed by atoms with E-state index in [0.29, 0.717) is 6.54 Å². The summed E-state index contributed by atoms with van der Waals surface area (Å²) >= 11 is 0. The molecule has 102 valence electrons. The topological polar surface area (TPSA) is 44.1 Å². The van der Waals surface area contributed by atoms with E-state index in [1.54, 1.807) is 25.8 Å². The molecule has 0 radical (unpaired) electrons. The van der Waals surface area contributed by atoms with Crippen molar-refractivity contribution >= 4 is 5.78 Å². The Labute approximate surface area is 111 Å². The summed E-state index contributed by atoms with van der Waals surface area (Å²) in [5.41, 5.74) is 0.128. The van der Waals surface area contributed by atoms with Gasteiger partial charge in [-0.05, 0) is 39.1 Å². The van der Waals surface area contributed by atoms with Crippen LogP contribution in [0.3, 0.4) is 0 Å². The van der Waals surface area contributed by atoms with E-state index < -0.39 is 17.7 Å². The van der Waals surface area contributed by atoms with Crippen molar-refractivity contribution in [2.45, 2.75) is 19.9 Å². The molecule has 0 fully saturated rings. The average Bonchev–Trinajstić information content (AvgIpc) is 2.39. The van der Waals surface area contributed by atoms with E-state index in [9.17, 15) is 13.6 Å². The molecule has 2 atom stereocenters. The average molecular weight is 266 g/mol. The van der Waals surface area contributed by atoms with Gasteiger partial charge in [-0.2, -0.15) is 5.26 Å². The smallest absolute Gasteiger partial charge is 0.179 e. The van der Waals surface area contributed by atoms with Crippen LogP contribution in [-0.4, -0.2) is 30.3 Å². The molecule has 0 aromatic heterocycles. The Morgan fingerprint density at radius 1 is 1.37 bits per heavy atom. The minimum absolute atomic E-state index is 0.128. The van der Waals surface area contributed by atoms with Gasteiger partial charge < -0.3 is 0 Å². The zero-order chi connectivity index (χ0) is 14.6. The largest absolute Gasteiger partial charge is 0.295 e. The van der Waals surface area contributed by atoms with Gasteiger partial charge in [0.25, 0.3) is 0 Å². The Bertz CT molecular complexity index is 511. The van der Waals surface area contributed by atoms with Gasteiger partial charge in [-0.15, -0.1) is 0 Å². The van der Waals surface area contributed by atoms with E-state index >= 15 is 0 Å². The minimum atomic E-state index is -1.04. The van der Waals surface area contributed by atoms with Gasteiger partial charge in [0.2, 0.25) is 0 Å². The third kappa shape index (κ3) is 3.83. The van der Waals surface area contributed by atoms with Gasteiger partial charge in [0, 0.05) is 12.1 Å². The lowest BCUT2D eigenvalue weighted by Gasteiger charge is -2.24. The number of likely N-dealkylation sites (N-methyl/N-ethyl adjacent to an activating group) is 1. The number of nitrogens with zero attached hydrogens (tertiary/aromatic N) is 2. The number of Topliss-reactive ketones (excluding diaryl/α,β-unsaturated/α-hetero) is 1. The maximum absolute atomic E-state index is 13.1. The molecule has 5 heteroatoms. The molecule has 2 unspecified atom stereocenters. The summed E-state index contributed by atoms with van der Waals surface area (Å²) in [5.74, 6) is -2.52. The Morgan fingerprint density at radius 2 is 2.00 bits per heavy atom. The number of hydrogen-bond donors (Lipinski definition) is 0. The fraction of sp³-hybridized carbons (Fsp3) is 0.429. The molecule has 0 saturated heterocycles. The first-order valence-corrected chi connectivity index (χ1v) is 5.96. The zero-order valence-electron chi connectivity index (χ0n) is 11.2. The molecule has 19 heavy (non-hydrogen) atoms. The van der Waals surface area contributed by atoms with Crippen molar-refractivity contribution in [1.29, 1.82) is 5.26 Å². The predicted molar refractivity (Wildman–Crippen MR) is 67.6 cm³/mol. The van der Waals surface area contributed by atoms with Crippen LogP contribution in [0.5, 0.6) is 0 Å². The van der Waals surface area contributed by atoms with E-state index in [4.69, 9.17) is 5.26 Å². The van der Waals surface area contributed by atoms with Crippen LogP contribution in [0.25, 0.3) is 0 Å². The van der Waals surface area contributed by atoms with E-state index in [0.717, 1.165) is 12.1 Å². The molecule has 0 aliphatic heterocycles. The van der Waals surface area contributed by atoms with Crippen molar-refractivity contribution in [3.05, 3.63) is 35.4 Å². The summed E-state index contributed by atoms with van der Waals surface area (Å²) in [6, 6.07) is 4.68. The normalized spacial score (nSPS) is 13.9. The quantitative estimate of drug-likeness (QED) is 0.769. The van der Waals surface area contributed by atoms with Crippen LogP contribution in [0.2, 0.25) is 0 Å². The summed E-state index contributed by atoms with van der Waals surface area (Å²) in [4.78, 5) is 13.8. The molecule has 0 N–H and O–H groups in total. The highest BCUT2D eigenvalue weighted by Gasteiger charge is 2.21. The second kappa shape index (κ2) is 6.39. The highest BCUT2D eigenvalue weighted by molar-refractivity contribution is 5.99. The van der Waals surface area contributed by atoms with Gasteiger partial charge in [-0.3, -0.25) is 9.69 Å². The van der Waals surface area contributed by atoms with Gasteiger partial charge in [-0.25, -0.2) is 8.78 Å². The van der Waals surface area contributed by atoms with Gasteiger partial charge in [-0.1, -0.05) is 0 Å². The molecule has 0 heterocycles. The maximum Gasteiger partial charge on any atom is 0.179 e. The zero-order valence-corrected chi connectivity index (χ0v) is 11.2. The van der Waals surface area contributed by atoms with Crippen LogP contribution < -0.4 is 0 Å². The molecule has 0 aliphatic rings. The molecular formula is C14H16F2N2O. The first-order chi connectivity index (χ1) is 8.86. The Kier molecular flexibility index (Phi) is 5.13. The van der Waals surface area contributed by atoms with Gasteiger partial charge in [0.1, 0.15) is 0 Å². The number of carbonyl (C=O) groups is 1. The highest BCUT2D eigenvalue weighted by atomic mass is 19.2. The molecule has 1 aromatic rings. The molecule has 0 aliphatic carbocycles. The molecule has 1 aromatic carbocycles. The van der Waals surface area contributed by atoms with Crippen LogP contribution in [0, 0.1) is 28.9 Å². The predicted octanol–water partition coefficient (Wildman–Crippen LogP) is 2.63. The van der Waals surface area contributed by atoms with E-state index in [-0.39, 0.29) is 17.3 Å². The van der Waals surface area contributed by atoms with Crippen molar-refractivity contribution < 1.29 is 13.6 Å². The highest BCUT2D eigenvalue weighted by Crippen LogP contribution is 2.13. The minimum Gasteiger partial charge on any atom is -0.295 e. The van der Waals surface area contributed by atoms with Crippen molar-refractivity contribution in [2.75, 3.05) is 13.6 Å². The summed E-state index contributed by atoms with van der Waals surface area (Å²) in [6.45, 7) is 3.87. The summed E-state index contributed by atoms with van der Waals surface area (Å²) in [6.07, 6.45) is 0. The number of benzene rings is 1. The number of halogens is 2. The SMILES string of the molecule is CC(C#N)CN(C)C(C)C(=O)c1ccc(F)c(F)c1. The first kappa shape index (κ1) is 15.3. The van der Waals surface area contributed by atoms with Crippen molar-refractivity contribution in [3.63, 3.8) is 0 Å². The van der Waals surface area contributed by atoms with Crippen LogP contribution in [0.15, 0.2) is 18.2 Å². The Balaban J connectivity index is 2.82. The molecule has 3 nitrogen and oxygen atoms in total. The lowest BCUT2D eigenvalue weighted by molar-refractivity contribution is 0.0861. The lowest BCUT2D eigenvalue weighted by Crippen LogP contribution is -2.38. The Hall–Kier alpha value is -1.80. The van der Waals surface area contributed by atoms with E-state index in [1.807, 2.05) is 0 Å². The van der Waals surface area contributed by atoms with Crippen LogP contribution >= 0.6 is 0 Å². The standard InChI is InChI=1S/C14H16F2N2O/c1-9(7-17)8-18(3)10(2)14(19)11-4-5-12(15)13(16)6-11/h4-6,9-10H,8H2,1-3H3. The monoisotopic (exact) mass is 266 g/mol. The summed E-state index contributed by atoms with van der Waals surface area (Å²) < 4.78 is 25.9. The maximum atomic E-state index is 13.1. The molecule has 0 saturated carbocycles. The second-order valence-electron chi connectivity index (χ2n) is 4.64. The fourth-order valence-electron chi connectivity index (χ4n) is 1.72. The third-order valence-electron chi connectivity index (χ3n) is 3.03. The summed E-state index contributed by atoms with van der Waals surface area (Å²) in [7, 11) is 1.72.